The molecule has 2 aliphatic rings. The van der Waals surface area contributed by atoms with E-state index in [-0.39, 0.29) is 17.4 Å². The van der Waals surface area contributed by atoms with Crippen molar-refractivity contribution in [3.63, 3.8) is 0 Å². The highest BCUT2D eigenvalue weighted by molar-refractivity contribution is 7.22. The molecule has 1 fully saturated rings. The van der Waals surface area contributed by atoms with Crippen molar-refractivity contribution < 1.29 is 28.9 Å². The third-order valence-electron chi connectivity index (χ3n) is 7.04. The van der Waals surface area contributed by atoms with E-state index >= 15 is 0 Å². The Bertz CT molecular complexity index is 1710. The van der Waals surface area contributed by atoms with Gasteiger partial charge in [-0.15, -0.1) is 0 Å². The van der Waals surface area contributed by atoms with E-state index in [1.807, 2.05) is 38.1 Å². The van der Waals surface area contributed by atoms with Gasteiger partial charge in [0, 0.05) is 12.0 Å². The minimum Gasteiger partial charge on any atom is -0.507 e. The molecule has 1 amide bonds. The van der Waals surface area contributed by atoms with Crippen LogP contribution in [0.25, 0.3) is 16.0 Å². The summed E-state index contributed by atoms with van der Waals surface area (Å²) >= 11 is 1.28. The zero-order chi connectivity index (χ0) is 28.7. The molecule has 2 atom stereocenters. The van der Waals surface area contributed by atoms with Gasteiger partial charge >= 0.3 is 5.91 Å². The van der Waals surface area contributed by atoms with Crippen molar-refractivity contribution in [1.29, 1.82) is 0 Å². The van der Waals surface area contributed by atoms with Crippen LogP contribution in [-0.2, 0) is 16.0 Å². The molecule has 1 saturated heterocycles. The Hall–Kier alpha value is -4.63. The summed E-state index contributed by atoms with van der Waals surface area (Å²) in [6.45, 7) is 8.41. The van der Waals surface area contributed by atoms with Crippen molar-refractivity contribution in [2.45, 2.75) is 32.4 Å². The van der Waals surface area contributed by atoms with Crippen LogP contribution in [0.5, 0.6) is 17.2 Å². The van der Waals surface area contributed by atoms with Crippen LogP contribution in [0.3, 0.4) is 0 Å². The van der Waals surface area contributed by atoms with E-state index in [4.69, 9.17) is 19.2 Å². The zero-order valence-corrected chi connectivity index (χ0v) is 23.4. The number of Topliss-reactive ketones (excluding diaryl/α,β-unsaturated/α-hetero) is 1. The molecule has 4 aromatic rings. The molecule has 0 radical (unpaired) electrons. The number of aromatic nitrogens is 1. The molecule has 3 aromatic carbocycles. The highest BCUT2D eigenvalue weighted by Crippen LogP contribution is 2.45. The van der Waals surface area contributed by atoms with E-state index in [2.05, 4.69) is 6.58 Å². The van der Waals surface area contributed by atoms with Gasteiger partial charge in [-0.2, -0.15) is 0 Å². The summed E-state index contributed by atoms with van der Waals surface area (Å²) in [6.07, 6.45) is 2.36. The molecule has 0 saturated carbocycles. The van der Waals surface area contributed by atoms with Gasteiger partial charge in [0.2, 0.25) is 0 Å². The number of thiazole rings is 1. The lowest BCUT2D eigenvalue weighted by Gasteiger charge is -2.23. The minimum atomic E-state index is -0.904. The minimum absolute atomic E-state index is 0.00376. The first-order chi connectivity index (χ1) is 19.9. The first kappa shape index (κ1) is 26.6. The molecule has 3 heterocycles. The first-order valence-electron chi connectivity index (χ1n) is 13.4. The lowest BCUT2D eigenvalue weighted by molar-refractivity contribution is -0.132. The molecule has 2 unspecified atom stereocenters. The number of carbonyl (C=O) groups is 2. The number of nitrogens with zero attached hydrogens (tertiary/aromatic N) is 2. The number of carbonyl (C=O) groups excluding carboxylic acids is 2. The predicted octanol–water partition coefficient (Wildman–Crippen LogP) is 6.21. The van der Waals surface area contributed by atoms with Crippen LogP contribution in [-0.4, -0.2) is 41.1 Å². The van der Waals surface area contributed by atoms with E-state index < -0.39 is 17.7 Å². The van der Waals surface area contributed by atoms with E-state index in [0.29, 0.717) is 52.9 Å². The van der Waals surface area contributed by atoms with Gasteiger partial charge in [-0.3, -0.25) is 14.5 Å². The molecule has 6 rings (SSSR count). The molecule has 41 heavy (non-hydrogen) atoms. The second-order valence-corrected chi connectivity index (χ2v) is 10.9. The number of aliphatic hydroxyl groups is 1. The summed E-state index contributed by atoms with van der Waals surface area (Å²) in [4.78, 5) is 33.3. The number of amides is 1. The van der Waals surface area contributed by atoms with E-state index in [9.17, 15) is 14.7 Å². The number of hydrogen-bond acceptors (Lipinski definition) is 8. The second kappa shape index (κ2) is 10.7. The van der Waals surface area contributed by atoms with Gasteiger partial charge in [0.15, 0.2) is 5.13 Å². The quantitative estimate of drug-likeness (QED) is 0.117. The maximum Gasteiger partial charge on any atom is 0.301 e. The van der Waals surface area contributed by atoms with Crippen LogP contribution in [0.1, 0.15) is 36.6 Å². The number of hydrogen-bond donors (Lipinski definition) is 1. The molecule has 1 N–H and O–H groups in total. The average Bonchev–Trinajstić information content (AvgIpc) is 3.64. The first-order valence-corrected chi connectivity index (χ1v) is 14.2. The summed E-state index contributed by atoms with van der Waals surface area (Å²) in [5.41, 5.74) is 2.68. The van der Waals surface area contributed by atoms with Crippen LogP contribution >= 0.6 is 11.3 Å². The van der Waals surface area contributed by atoms with E-state index in [1.54, 1.807) is 42.5 Å². The van der Waals surface area contributed by atoms with Crippen LogP contribution in [0.15, 0.2) is 78.9 Å². The fourth-order valence-electron chi connectivity index (χ4n) is 5.22. The Labute approximate surface area is 241 Å². The molecule has 0 aliphatic carbocycles. The van der Waals surface area contributed by atoms with Gasteiger partial charge in [0.25, 0.3) is 5.78 Å². The molecular weight excluding hydrogens is 540 g/mol. The monoisotopic (exact) mass is 568 g/mol. The Balaban J connectivity index is 1.48. The van der Waals surface area contributed by atoms with E-state index in [1.165, 1.54) is 16.2 Å². The van der Waals surface area contributed by atoms with Crippen LogP contribution < -0.4 is 19.1 Å². The van der Waals surface area contributed by atoms with E-state index in [0.717, 1.165) is 16.0 Å². The maximum absolute atomic E-state index is 13.6. The molecule has 8 nitrogen and oxygen atoms in total. The SMILES string of the molecule is C=CCOc1ccc(C2C(=C(O)c3ccc4c(c3)CC(C)O4)C(=O)C(=O)N2c2nc3ccc(OCC)cc3s2)cc1. The van der Waals surface area contributed by atoms with Gasteiger partial charge in [-0.05, 0) is 73.5 Å². The number of ether oxygens (including phenoxy) is 3. The molecule has 0 bridgehead atoms. The van der Waals surface area contributed by atoms with Crippen molar-refractivity contribution in [3.8, 4) is 17.2 Å². The number of fused-ring (bicyclic) bond motifs is 2. The topological polar surface area (TPSA) is 98.2 Å². The van der Waals surface area contributed by atoms with Gasteiger partial charge in [-0.25, -0.2) is 4.98 Å². The lowest BCUT2D eigenvalue weighted by atomic mass is 9.94. The number of benzene rings is 3. The maximum atomic E-state index is 13.6. The Morgan fingerprint density at radius 3 is 2.66 bits per heavy atom. The standard InChI is InChI=1S/C32H28N2O6S/c1-4-14-39-22-9-6-19(7-10-22)28-27(29(35)20-8-13-25-21(16-20)15-18(3)40-25)30(36)31(37)34(28)32-33-24-12-11-23(38-5-2)17-26(24)41-32/h4,6-13,16-18,28,35H,1,5,14-15H2,2-3H3. The summed E-state index contributed by atoms with van der Waals surface area (Å²) in [6, 6.07) is 17.0. The summed E-state index contributed by atoms with van der Waals surface area (Å²) in [7, 11) is 0. The Morgan fingerprint density at radius 1 is 1.12 bits per heavy atom. The molecule has 0 spiro atoms. The second-order valence-electron chi connectivity index (χ2n) is 9.85. The number of anilines is 1. The summed E-state index contributed by atoms with van der Waals surface area (Å²) < 4.78 is 17.9. The third-order valence-corrected chi connectivity index (χ3v) is 8.06. The highest BCUT2D eigenvalue weighted by Gasteiger charge is 2.48. The van der Waals surface area contributed by atoms with Gasteiger partial charge < -0.3 is 19.3 Å². The van der Waals surface area contributed by atoms with Gasteiger partial charge in [0.05, 0.1) is 28.4 Å². The Morgan fingerprint density at radius 2 is 1.90 bits per heavy atom. The van der Waals surface area contributed by atoms with Crippen molar-refractivity contribution in [3.05, 3.63) is 95.6 Å². The number of aliphatic hydroxyl groups excluding tert-OH is 1. The molecular formula is C32H28N2O6S. The van der Waals surface area contributed by atoms with Crippen LogP contribution in [0.2, 0.25) is 0 Å². The fourth-order valence-corrected chi connectivity index (χ4v) is 6.24. The van der Waals surface area contributed by atoms with Crippen molar-refractivity contribution >= 4 is 44.1 Å². The molecule has 208 valence electrons. The summed E-state index contributed by atoms with van der Waals surface area (Å²) in [5.74, 6) is 0.275. The smallest absolute Gasteiger partial charge is 0.301 e. The average molecular weight is 569 g/mol. The van der Waals surface area contributed by atoms with Crippen LogP contribution in [0.4, 0.5) is 5.13 Å². The predicted molar refractivity (Wildman–Crippen MR) is 158 cm³/mol. The zero-order valence-electron chi connectivity index (χ0n) is 22.6. The van der Waals surface area contributed by atoms with Crippen molar-refractivity contribution in [2.24, 2.45) is 0 Å². The van der Waals surface area contributed by atoms with Crippen LogP contribution in [0, 0.1) is 0 Å². The summed E-state index contributed by atoms with van der Waals surface area (Å²) in [5, 5.41) is 11.9. The normalized spacial score (nSPS) is 19.3. The molecule has 9 heteroatoms. The largest absolute Gasteiger partial charge is 0.507 e. The highest BCUT2D eigenvalue weighted by atomic mass is 32.1. The van der Waals surface area contributed by atoms with Crippen molar-refractivity contribution in [1.82, 2.24) is 4.98 Å². The Kier molecular flexibility index (Phi) is 6.96. The number of rotatable bonds is 8. The number of ketones is 1. The van der Waals surface area contributed by atoms with Crippen molar-refractivity contribution in [2.75, 3.05) is 18.1 Å². The molecule has 1 aromatic heterocycles. The van der Waals surface area contributed by atoms with Gasteiger partial charge in [-0.1, -0.05) is 36.1 Å². The fraction of sp³-hybridized carbons (Fsp3) is 0.219. The lowest BCUT2D eigenvalue weighted by Crippen LogP contribution is -2.29. The van der Waals surface area contributed by atoms with Gasteiger partial charge in [0.1, 0.15) is 35.7 Å². The molecule has 2 aliphatic heterocycles. The third kappa shape index (κ3) is 4.82.